The maximum atomic E-state index is 12.8. The molecule has 0 atom stereocenters. The zero-order chi connectivity index (χ0) is 19.6. The van der Waals surface area contributed by atoms with Crippen LogP contribution in [0.25, 0.3) is 5.69 Å². The number of hydrogen-bond donors (Lipinski definition) is 3. The largest absolute Gasteiger partial charge is 0.336 e. The summed E-state index contributed by atoms with van der Waals surface area (Å²) in [5.41, 5.74) is 1.95. The molecule has 3 aromatic rings. The molecule has 0 fully saturated rings. The van der Waals surface area contributed by atoms with Gasteiger partial charge in [0.2, 0.25) is 10.0 Å². The number of para-hydroxylation sites is 1. The number of carbonyl (C=O) groups excluding carboxylic acids is 1. The van der Waals surface area contributed by atoms with Gasteiger partial charge in [0.1, 0.15) is 5.69 Å². The Bertz CT molecular complexity index is 1150. The first-order valence-corrected chi connectivity index (χ1v) is 10.1. The third kappa shape index (κ3) is 4.00. The molecule has 0 aliphatic carbocycles. The number of imidazole rings is 1. The molecule has 0 aliphatic rings. The van der Waals surface area contributed by atoms with E-state index < -0.39 is 15.9 Å². The molecule has 0 radical (unpaired) electrons. The number of rotatable bonds is 5. The molecule has 27 heavy (non-hydrogen) atoms. The lowest BCUT2D eigenvalue weighted by Gasteiger charge is -2.11. The molecule has 0 spiro atoms. The monoisotopic (exact) mass is 402 g/mol. The molecule has 1 amide bonds. The van der Waals surface area contributed by atoms with Crippen LogP contribution in [0.15, 0.2) is 59.6 Å². The van der Waals surface area contributed by atoms with Crippen molar-refractivity contribution in [3.8, 4) is 5.69 Å². The van der Waals surface area contributed by atoms with Crippen molar-refractivity contribution in [1.29, 1.82) is 0 Å². The standard InChI is InChI=1S/C18H18N4O3S2/c1-2-12-8-9-13(10-16(12)27(19,24)25)21-17(23)15-11-20-18(26)22(15)14-6-4-3-5-7-14/h3-11H,2H2,1H3,(H,20,26)(H,21,23)(H2,19,24,25). The van der Waals surface area contributed by atoms with Crippen LogP contribution >= 0.6 is 12.2 Å². The van der Waals surface area contributed by atoms with Crippen LogP contribution in [0.2, 0.25) is 0 Å². The number of aromatic nitrogens is 2. The predicted octanol–water partition coefficient (Wildman–Crippen LogP) is 3.00. The van der Waals surface area contributed by atoms with Crippen LogP contribution in [-0.4, -0.2) is 23.9 Å². The van der Waals surface area contributed by atoms with Crippen molar-refractivity contribution < 1.29 is 13.2 Å². The van der Waals surface area contributed by atoms with E-state index >= 15 is 0 Å². The number of nitrogens with two attached hydrogens (primary N) is 1. The quantitative estimate of drug-likeness (QED) is 0.570. The molecule has 3 rings (SSSR count). The van der Waals surface area contributed by atoms with Crippen molar-refractivity contribution in [2.75, 3.05) is 5.32 Å². The second kappa shape index (κ2) is 7.47. The molecule has 0 saturated heterocycles. The summed E-state index contributed by atoms with van der Waals surface area (Å²) in [6, 6.07) is 13.8. The smallest absolute Gasteiger partial charge is 0.274 e. The minimum Gasteiger partial charge on any atom is -0.336 e. The number of anilines is 1. The number of carbonyl (C=O) groups is 1. The Morgan fingerprint density at radius 3 is 2.56 bits per heavy atom. The number of benzene rings is 2. The maximum absolute atomic E-state index is 12.8. The van der Waals surface area contributed by atoms with Crippen molar-refractivity contribution in [2.45, 2.75) is 18.2 Å². The molecule has 0 bridgehead atoms. The number of hydrogen-bond acceptors (Lipinski definition) is 4. The Hall–Kier alpha value is -2.75. The maximum Gasteiger partial charge on any atom is 0.274 e. The molecule has 2 aromatic carbocycles. The van der Waals surface area contributed by atoms with E-state index in [-0.39, 0.29) is 4.90 Å². The number of primary sulfonamides is 1. The fourth-order valence-electron chi connectivity index (χ4n) is 2.75. The number of nitrogens with zero attached hydrogens (tertiary/aromatic N) is 1. The number of aromatic amines is 1. The van der Waals surface area contributed by atoms with Crippen LogP contribution < -0.4 is 10.5 Å². The van der Waals surface area contributed by atoms with Crippen LogP contribution in [0, 0.1) is 4.77 Å². The van der Waals surface area contributed by atoms with Crippen LogP contribution in [0.4, 0.5) is 5.69 Å². The summed E-state index contributed by atoms with van der Waals surface area (Å²) in [7, 11) is -3.89. The fourth-order valence-corrected chi connectivity index (χ4v) is 3.89. The van der Waals surface area contributed by atoms with Gasteiger partial charge in [0.05, 0.1) is 4.90 Å². The van der Waals surface area contributed by atoms with Gasteiger partial charge in [-0.1, -0.05) is 31.2 Å². The lowest BCUT2D eigenvalue weighted by Crippen LogP contribution is -2.18. The van der Waals surface area contributed by atoms with Crippen molar-refractivity contribution in [1.82, 2.24) is 9.55 Å². The summed E-state index contributed by atoms with van der Waals surface area (Å²) < 4.78 is 25.6. The first-order chi connectivity index (χ1) is 12.8. The van der Waals surface area contributed by atoms with Crippen molar-refractivity contribution in [2.24, 2.45) is 5.14 Å². The number of aryl methyl sites for hydroxylation is 1. The highest BCUT2D eigenvalue weighted by atomic mass is 32.2. The summed E-state index contributed by atoms with van der Waals surface area (Å²) in [6.45, 7) is 1.83. The van der Waals surface area contributed by atoms with Gasteiger partial charge in [0.25, 0.3) is 5.91 Å². The van der Waals surface area contributed by atoms with Gasteiger partial charge in [0, 0.05) is 17.6 Å². The molecule has 9 heteroatoms. The first kappa shape index (κ1) is 19.0. The molecule has 7 nitrogen and oxygen atoms in total. The van der Waals surface area contributed by atoms with E-state index in [4.69, 9.17) is 17.4 Å². The highest BCUT2D eigenvalue weighted by Gasteiger charge is 2.17. The normalized spacial score (nSPS) is 11.3. The van der Waals surface area contributed by atoms with Crippen molar-refractivity contribution in [3.05, 3.63) is 70.8 Å². The third-order valence-corrected chi connectivity index (χ3v) is 5.33. The topological polar surface area (TPSA) is 110 Å². The Balaban J connectivity index is 1.97. The van der Waals surface area contributed by atoms with Gasteiger partial charge in [-0.25, -0.2) is 13.6 Å². The number of nitrogens with one attached hydrogen (secondary N) is 2. The third-order valence-electron chi connectivity index (χ3n) is 4.04. The molecule has 1 aromatic heterocycles. The summed E-state index contributed by atoms with van der Waals surface area (Å²) in [6.07, 6.45) is 2.01. The van der Waals surface area contributed by atoms with Gasteiger partial charge in [-0.2, -0.15) is 0 Å². The molecule has 1 heterocycles. The average molecular weight is 403 g/mol. The van der Waals surface area contributed by atoms with Crippen LogP contribution in [0.3, 0.4) is 0 Å². The van der Waals surface area contributed by atoms with Crippen molar-refractivity contribution in [3.63, 3.8) is 0 Å². The van der Waals surface area contributed by atoms with E-state index in [1.165, 1.54) is 12.3 Å². The molecule has 0 aliphatic heterocycles. The molecule has 0 unspecified atom stereocenters. The van der Waals surface area contributed by atoms with Gasteiger partial charge in [0.15, 0.2) is 4.77 Å². The van der Waals surface area contributed by atoms with Crippen LogP contribution in [0.1, 0.15) is 23.0 Å². The SMILES string of the molecule is CCc1ccc(NC(=O)c2c[nH]c(=S)n2-c2ccccc2)cc1S(N)(=O)=O. The van der Waals surface area contributed by atoms with Gasteiger partial charge >= 0.3 is 0 Å². The Labute approximate surface area is 161 Å². The molecule has 140 valence electrons. The Morgan fingerprint density at radius 2 is 1.93 bits per heavy atom. The van der Waals surface area contributed by atoms with E-state index in [1.54, 1.807) is 16.7 Å². The van der Waals surface area contributed by atoms with Crippen LogP contribution in [0.5, 0.6) is 0 Å². The second-order valence-electron chi connectivity index (χ2n) is 5.83. The summed E-state index contributed by atoms with van der Waals surface area (Å²) >= 11 is 5.27. The molecular weight excluding hydrogens is 384 g/mol. The Morgan fingerprint density at radius 1 is 1.22 bits per heavy atom. The minimum atomic E-state index is -3.89. The lowest BCUT2D eigenvalue weighted by atomic mass is 10.1. The lowest BCUT2D eigenvalue weighted by molar-refractivity contribution is 0.102. The predicted molar refractivity (Wildman–Crippen MR) is 106 cm³/mol. The van der Waals surface area contributed by atoms with Gasteiger partial charge in [-0.05, 0) is 48.5 Å². The summed E-state index contributed by atoms with van der Waals surface area (Å²) in [4.78, 5) is 15.6. The zero-order valence-electron chi connectivity index (χ0n) is 14.5. The highest BCUT2D eigenvalue weighted by Crippen LogP contribution is 2.21. The van der Waals surface area contributed by atoms with Crippen molar-refractivity contribution >= 4 is 33.8 Å². The Kier molecular flexibility index (Phi) is 5.26. The number of H-pyrrole nitrogens is 1. The number of sulfonamides is 1. The van der Waals surface area contributed by atoms with Crippen LogP contribution in [-0.2, 0) is 16.4 Å². The number of amides is 1. The molecular formula is C18H18N4O3S2. The average Bonchev–Trinajstić information content (AvgIpc) is 3.03. The second-order valence-corrected chi connectivity index (χ2v) is 7.74. The molecule has 0 saturated carbocycles. The van der Waals surface area contributed by atoms with Gasteiger partial charge in [-0.15, -0.1) is 0 Å². The molecule has 4 N–H and O–H groups in total. The van der Waals surface area contributed by atoms with E-state index in [0.29, 0.717) is 28.1 Å². The van der Waals surface area contributed by atoms with E-state index in [0.717, 1.165) is 5.69 Å². The minimum absolute atomic E-state index is 0.00300. The fraction of sp³-hybridized carbons (Fsp3) is 0.111. The van der Waals surface area contributed by atoms with E-state index in [9.17, 15) is 13.2 Å². The van der Waals surface area contributed by atoms with E-state index in [2.05, 4.69) is 10.3 Å². The summed E-state index contributed by atoms with van der Waals surface area (Å²) in [5, 5.41) is 7.98. The highest BCUT2D eigenvalue weighted by molar-refractivity contribution is 7.89. The zero-order valence-corrected chi connectivity index (χ0v) is 16.1. The van der Waals surface area contributed by atoms with E-state index in [1.807, 2.05) is 37.3 Å². The first-order valence-electron chi connectivity index (χ1n) is 8.14. The summed E-state index contributed by atoms with van der Waals surface area (Å²) in [5.74, 6) is -0.434. The van der Waals surface area contributed by atoms with Gasteiger partial charge < -0.3 is 10.3 Å². The van der Waals surface area contributed by atoms with Gasteiger partial charge in [-0.3, -0.25) is 9.36 Å².